The summed E-state index contributed by atoms with van der Waals surface area (Å²) in [6, 6.07) is 4.01. The summed E-state index contributed by atoms with van der Waals surface area (Å²) in [5.41, 5.74) is 0.123. The van der Waals surface area contributed by atoms with Gasteiger partial charge in [-0.3, -0.25) is 4.90 Å². The van der Waals surface area contributed by atoms with Gasteiger partial charge in [0.1, 0.15) is 5.76 Å². The summed E-state index contributed by atoms with van der Waals surface area (Å²) in [6.07, 6.45) is 6.36. The zero-order chi connectivity index (χ0) is 13.8. The van der Waals surface area contributed by atoms with Crippen LogP contribution >= 0.6 is 0 Å². The molecule has 1 spiro atoms. The molecule has 2 aliphatic heterocycles. The molecule has 2 fully saturated rings. The van der Waals surface area contributed by atoms with Gasteiger partial charge < -0.3 is 13.9 Å². The number of furan rings is 1. The summed E-state index contributed by atoms with van der Waals surface area (Å²) in [4.78, 5) is 2.47. The van der Waals surface area contributed by atoms with Crippen molar-refractivity contribution in [1.29, 1.82) is 0 Å². The van der Waals surface area contributed by atoms with Crippen molar-refractivity contribution in [2.24, 2.45) is 5.92 Å². The first kappa shape index (κ1) is 14.1. The second-order valence-electron chi connectivity index (χ2n) is 6.04. The predicted octanol–water partition coefficient (Wildman–Crippen LogP) is 2.69. The monoisotopic (exact) mass is 279 g/mol. The van der Waals surface area contributed by atoms with Crippen molar-refractivity contribution in [3.8, 4) is 0 Å². The van der Waals surface area contributed by atoms with Crippen LogP contribution in [0, 0.1) is 5.92 Å². The highest BCUT2D eigenvalue weighted by molar-refractivity contribution is 5.01. The van der Waals surface area contributed by atoms with Crippen LogP contribution in [0.5, 0.6) is 0 Å². The van der Waals surface area contributed by atoms with Gasteiger partial charge in [0.25, 0.3) is 0 Å². The molecule has 1 atom stereocenters. The summed E-state index contributed by atoms with van der Waals surface area (Å²) in [7, 11) is 1.79. The second-order valence-corrected chi connectivity index (χ2v) is 6.04. The summed E-state index contributed by atoms with van der Waals surface area (Å²) < 4.78 is 16.9. The first-order valence-electron chi connectivity index (χ1n) is 7.70. The molecule has 2 saturated heterocycles. The lowest BCUT2D eigenvalue weighted by molar-refractivity contribution is -0.0727. The topological polar surface area (TPSA) is 34.8 Å². The molecule has 3 heterocycles. The Kier molecular flexibility index (Phi) is 4.44. The third-order valence-corrected chi connectivity index (χ3v) is 4.93. The first-order valence-corrected chi connectivity index (χ1v) is 7.70. The molecule has 1 unspecified atom stereocenters. The van der Waals surface area contributed by atoms with Gasteiger partial charge in [-0.2, -0.15) is 0 Å². The van der Waals surface area contributed by atoms with Crippen LogP contribution < -0.4 is 0 Å². The number of hydrogen-bond donors (Lipinski definition) is 0. The maximum Gasteiger partial charge on any atom is 0.117 e. The van der Waals surface area contributed by atoms with Crippen molar-refractivity contribution in [1.82, 2.24) is 4.90 Å². The van der Waals surface area contributed by atoms with E-state index in [0.717, 1.165) is 57.9 Å². The Morgan fingerprint density at radius 3 is 2.95 bits per heavy atom. The van der Waals surface area contributed by atoms with Crippen molar-refractivity contribution in [2.45, 2.75) is 37.8 Å². The average Bonchev–Trinajstić information content (AvgIpc) is 3.10. The van der Waals surface area contributed by atoms with Crippen molar-refractivity contribution in [3.63, 3.8) is 0 Å². The molecule has 4 nitrogen and oxygen atoms in total. The van der Waals surface area contributed by atoms with E-state index in [1.54, 1.807) is 13.4 Å². The minimum absolute atomic E-state index is 0.123. The molecule has 0 amide bonds. The van der Waals surface area contributed by atoms with Gasteiger partial charge in [-0.1, -0.05) is 0 Å². The van der Waals surface area contributed by atoms with E-state index < -0.39 is 0 Å². The van der Waals surface area contributed by atoms with Crippen LogP contribution in [0.1, 0.15) is 31.4 Å². The van der Waals surface area contributed by atoms with E-state index >= 15 is 0 Å². The summed E-state index contributed by atoms with van der Waals surface area (Å²) in [5, 5.41) is 0. The van der Waals surface area contributed by atoms with Crippen molar-refractivity contribution >= 4 is 0 Å². The van der Waals surface area contributed by atoms with Gasteiger partial charge in [0.05, 0.1) is 18.4 Å². The number of ether oxygens (including phenoxy) is 2. The minimum Gasteiger partial charge on any atom is -0.468 e. The average molecular weight is 279 g/mol. The van der Waals surface area contributed by atoms with Crippen LogP contribution in [0.3, 0.4) is 0 Å². The molecule has 0 saturated carbocycles. The van der Waals surface area contributed by atoms with Crippen molar-refractivity contribution in [2.75, 3.05) is 33.4 Å². The molecule has 4 heteroatoms. The lowest BCUT2D eigenvalue weighted by atomic mass is 9.78. The fourth-order valence-electron chi connectivity index (χ4n) is 3.72. The molecule has 0 aromatic carbocycles. The van der Waals surface area contributed by atoms with E-state index in [-0.39, 0.29) is 5.60 Å². The van der Waals surface area contributed by atoms with E-state index in [4.69, 9.17) is 13.9 Å². The Morgan fingerprint density at radius 2 is 2.25 bits per heavy atom. The smallest absolute Gasteiger partial charge is 0.117 e. The van der Waals surface area contributed by atoms with Gasteiger partial charge in [-0.25, -0.2) is 0 Å². The van der Waals surface area contributed by atoms with E-state index in [0.29, 0.717) is 5.92 Å². The van der Waals surface area contributed by atoms with E-state index in [1.165, 1.54) is 6.42 Å². The van der Waals surface area contributed by atoms with Gasteiger partial charge in [0.15, 0.2) is 0 Å². The quantitative estimate of drug-likeness (QED) is 0.830. The lowest BCUT2D eigenvalue weighted by Crippen LogP contribution is -2.47. The Labute approximate surface area is 121 Å². The van der Waals surface area contributed by atoms with Gasteiger partial charge >= 0.3 is 0 Å². The second kappa shape index (κ2) is 6.29. The molecule has 112 valence electrons. The number of likely N-dealkylation sites (tertiary alicyclic amines) is 1. The summed E-state index contributed by atoms with van der Waals surface area (Å²) in [6.45, 7) is 4.90. The molecule has 20 heavy (non-hydrogen) atoms. The summed E-state index contributed by atoms with van der Waals surface area (Å²) >= 11 is 0. The highest BCUT2D eigenvalue weighted by atomic mass is 16.5. The van der Waals surface area contributed by atoms with Crippen LogP contribution in [0.15, 0.2) is 22.8 Å². The Hall–Kier alpha value is -0.840. The highest BCUT2D eigenvalue weighted by Crippen LogP contribution is 2.42. The summed E-state index contributed by atoms with van der Waals surface area (Å²) in [5.74, 6) is 1.73. The zero-order valence-electron chi connectivity index (χ0n) is 12.3. The van der Waals surface area contributed by atoms with Crippen LogP contribution in [0.25, 0.3) is 0 Å². The van der Waals surface area contributed by atoms with Gasteiger partial charge in [0.2, 0.25) is 0 Å². The molecule has 0 bridgehead atoms. The van der Waals surface area contributed by atoms with Crippen LogP contribution in [0.4, 0.5) is 0 Å². The number of nitrogens with zero attached hydrogens (tertiary/aromatic N) is 1. The molecule has 0 radical (unpaired) electrons. The van der Waals surface area contributed by atoms with E-state index in [1.807, 2.05) is 6.07 Å². The van der Waals surface area contributed by atoms with Gasteiger partial charge in [-0.05, 0) is 43.7 Å². The van der Waals surface area contributed by atoms with Crippen LogP contribution in [0.2, 0.25) is 0 Å². The maximum atomic E-state index is 6.17. The fourth-order valence-corrected chi connectivity index (χ4v) is 3.72. The lowest BCUT2D eigenvalue weighted by Gasteiger charge is -2.42. The normalized spacial score (nSPS) is 26.4. The van der Waals surface area contributed by atoms with Crippen LogP contribution in [-0.2, 0) is 16.0 Å². The number of piperidine rings is 1. The molecule has 0 N–H and O–H groups in total. The minimum atomic E-state index is 0.123. The van der Waals surface area contributed by atoms with E-state index in [9.17, 15) is 0 Å². The third kappa shape index (κ3) is 2.92. The number of hydrogen-bond acceptors (Lipinski definition) is 4. The SMILES string of the molecule is COCCC1CCOC12CCN(Cc1ccco1)CC2. The first-order chi connectivity index (χ1) is 9.82. The van der Waals surface area contributed by atoms with E-state index in [2.05, 4.69) is 11.0 Å². The third-order valence-electron chi connectivity index (χ3n) is 4.93. The predicted molar refractivity (Wildman–Crippen MR) is 76.5 cm³/mol. The van der Waals surface area contributed by atoms with Gasteiger partial charge in [0, 0.05) is 33.4 Å². The zero-order valence-corrected chi connectivity index (χ0v) is 12.3. The molecule has 0 aliphatic carbocycles. The molecule has 1 aromatic rings. The molecule has 1 aromatic heterocycles. The Bertz CT molecular complexity index is 396. The number of methoxy groups -OCH3 is 1. The largest absolute Gasteiger partial charge is 0.468 e. The standard InChI is InChI=1S/C16H25NO3/c1-18-11-4-14-5-12-20-16(14)6-8-17(9-7-16)13-15-3-2-10-19-15/h2-3,10,14H,4-9,11-13H2,1H3. The molecule has 3 rings (SSSR count). The fraction of sp³-hybridized carbons (Fsp3) is 0.750. The van der Waals surface area contributed by atoms with Crippen molar-refractivity contribution < 1.29 is 13.9 Å². The highest BCUT2D eigenvalue weighted by Gasteiger charge is 2.45. The number of rotatable bonds is 5. The van der Waals surface area contributed by atoms with Crippen LogP contribution in [-0.4, -0.2) is 43.9 Å². The molecular weight excluding hydrogens is 254 g/mol. The van der Waals surface area contributed by atoms with Gasteiger partial charge in [-0.15, -0.1) is 0 Å². The molecular formula is C16H25NO3. The molecule has 2 aliphatic rings. The van der Waals surface area contributed by atoms with Crippen molar-refractivity contribution in [3.05, 3.63) is 24.2 Å². The maximum absolute atomic E-state index is 6.17. The Morgan fingerprint density at radius 1 is 1.40 bits per heavy atom. The Balaban J connectivity index is 1.54.